The van der Waals surface area contributed by atoms with Gasteiger partial charge in [-0.1, -0.05) is 12.1 Å². The van der Waals surface area contributed by atoms with E-state index < -0.39 is 28.9 Å². The molecule has 14 nitrogen and oxygen atoms in total. The Morgan fingerprint density at radius 1 is 0.886 bits per heavy atom. The number of carbonyl (C=O) groups excluding carboxylic acids is 1. The number of carbonyl (C=O) groups is 4. The van der Waals surface area contributed by atoms with Crippen LogP contribution in [0, 0.1) is 10.1 Å². The van der Waals surface area contributed by atoms with Crippen molar-refractivity contribution in [2.75, 3.05) is 58.9 Å². The van der Waals surface area contributed by atoms with E-state index in [4.69, 9.17) is 5.11 Å². The number of amides is 1. The van der Waals surface area contributed by atoms with Crippen molar-refractivity contribution in [3.8, 4) is 0 Å². The highest BCUT2D eigenvalue weighted by atomic mass is 16.6. The second kappa shape index (κ2) is 13.3. The van der Waals surface area contributed by atoms with Crippen LogP contribution in [0.2, 0.25) is 0 Å². The lowest BCUT2D eigenvalue weighted by molar-refractivity contribution is -0.384. The summed E-state index contributed by atoms with van der Waals surface area (Å²) in [5, 5.41) is 41.3. The summed E-state index contributed by atoms with van der Waals surface area (Å²) in [6.07, 6.45) is -0.0468. The summed E-state index contributed by atoms with van der Waals surface area (Å²) in [5.74, 6) is -3.62. The van der Waals surface area contributed by atoms with Gasteiger partial charge >= 0.3 is 17.9 Å². The smallest absolute Gasteiger partial charge is 0.317 e. The Kier molecular flexibility index (Phi) is 10.5. The number of nitrogens with one attached hydrogen (secondary N) is 1. The average molecular weight is 495 g/mol. The van der Waals surface area contributed by atoms with Gasteiger partial charge in [0.05, 0.1) is 31.0 Å². The number of benzene rings is 1. The first-order chi connectivity index (χ1) is 16.5. The van der Waals surface area contributed by atoms with E-state index in [1.165, 1.54) is 24.3 Å². The monoisotopic (exact) mass is 495 g/mol. The van der Waals surface area contributed by atoms with Gasteiger partial charge in [-0.2, -0.15) is 0 Å². The number of carboxylic acids is 3. The van der Waals surface area contributed by atoms with Crippen LogP contribution in [-0.4, -0.2) is 124 Å². The third kappa shape index (κ3) is 10.0. The number of aliphatic carboxylic acids is 3. The molecule has 14 heteroatoms. The molecule has 0 radical (unpaired) electrons. The maximum absolute atomic E-state index is 12.5. The highest BCUT2D eigenvalue weighted by Crippen LogP contribution is 2.12. The molecule has 1 atom stereocenters. The number of nitro benzene ring substituents is 1. The van der Waals surface area contributed by atoms with Gasteiger partial charge in [0, 0.05) is 57.4 Å². The second-order valence-electron chi connectivity index (χ2n) is 8.22. The normalized spacial score (nSPS) is 18.1. The predicted molar refractivity (Wildman–Crippen MR) is 121 cm³/mol. The van der Waals surface area contributed by atoms with Crippen molar-refractivity contribution in [3.05, 3.63) is 39.9 Å². The van der Waals surface area contributed by atoms with Crippen LogP contribution in [0.3, 0.4) is 0 Å². The Bertz CT molecular complexity index is 924. The number of non-ortho nitro benzene ring substituents is 1. The van der Waals surface area contributed by atoms with Gasteiger partial charge in [0.15, 0.2) is 0 Å². The average Bonchev–Trinajstić information content (AvgIpc) is 2.82. The number of hydrogen-bond acceptors (Lipinski definition) is 9. The van der Waals surface area contributed by atoms with Gasteiger partial charge in [0.2, 0.25) is 5.91 Å². The van der Waals surface area contributed by atoms with Crippen molar-refractivity contribution in [3.63, 3.8) is 0 Å². The van der Waals surface area contributed by atoms with Crippen LogP contribution in [0.1, 0.15) is 5.56 Å². The number of nitro groups is 1. The maximum Gasteiger partial charge on any atom is 0.317 e. The van der Waals surface area contributed by atoms with Gasteiger partial charge in [0.25, 0.3) is 5.69 Å². The van der Waals surface area contributed by atoms with E-state index in [2.05, 4.69) is 5.32 Å². The number of hydrogen-bond donors (Lipinski definition) is 4. The van der Waals surface area contributed by atoms with Gasteiger partial charge in [-0.15, -0.1) is 0 Å². The van der Waals surface area contributed by atoms with Crippen molar-refractivity contribution in [2.45, 2.75) is 12.5 Å². The van der Waals surface area contributed by atoms with E-state index in [-0.39, 0.29) is 70.4 Å². The van der Waals surface area contributed by atoms with E-state index in [0.29, 0.717) is 12.1 Å². The van der Waals surface area contributed by atoms with E-state index in [1.54, 1.807) is 14.7 Å². The Morgan fingerprint density at radius 2 is 1.43 bits per heavy atom. The summed E-state index contributed by atoms with van der Waals surface area (Å²) in [4.78, 5) is 61.5. The molecule has 1 amide bonds. The lowest BCUT2D eigenvalue weighted by Crippen LogP contribution is -2.53. The fraction of sp³-hybridized carbons (Fsp3) is 0.524. The predicted octanol–water partition coefficient (Wildman–Crippen LogP) is -1.20. The molecule has 1 unspecified atom stereocenters. The molecule has 1 fully saturated rings. The molecule has 0 saturated carbocycles. The van der Waals surface area contributed by atoms with E-state index in [1.807, 2.05) is 0 Å². The van der Waals surface area contributed by atoms with Gasteiger partial charge in [-0.3, -0.25) is 44.0 Å². The molecule has 0 bridgehead atoms. The molecule has 4 N–H and O–H groups in total. The van der Waals surface area contributed by atoms with Crippen LogP contribution >= 0.6 is 0 Å². The molecular formula is C21H29N5O9. The quantitative estimate of drug-likeness (QED) is 0.212. The SMILES string of the molecule is O=C(O)CN1CCN(CC(=O)O)CC(CNC(=O)Cc2ccc([N+](=O)[O-])cc2)N(CC(=O)O)CC1. The minimum Gasteiger partial charge on any atom is -0.480 e. The molecule has 35 heavy (non-hydrogen) atoms. The van der Waals surface area contributed by atoms with Gasteiger partial charge in [-0.25, -0.2) is 0 Å². The zero-order chi connectivity index (χ0) is 26.0. The lowest BCUT2D eigenvalue weighted by atomic mass is 10.1. The fourth-order valence-corrected chi connectivity index (χ4v) is 3.83. The lowest BCUT2D eigenvalue weighted by Gasteiger charge is -2.33. The van der Waals surface area contributed by atoms with Crippen LogP contribution in [0.4, 0.5) is 5.69 Å². The topological polar surface area (TPSA) is 194 Å². The molecule has 1 saturated heterocycles. The van der Waals surface area contributed by atoms with Crippen molar-refractivity contribution < 1.29 is 39.4 Å². The first-order valence-electron chi connectivity index (χ1n) is 10.9. The Balaban J connectivity index is 2.12. The molecule has 1 aliphatic heterocycles. The van der Waals surface area contributed by atoms with Crippen LogP contribution in [0.15, 0.2) is 24.3 Å². The number of carboxylic acid groups (broad SMARTS) is 3. The zero-order valence-electron chi connectivity index (χ0n) is 19.0. The number of rotatable bonds is 11. The second-order valence-corrected chi connectivity index (χ2v) is 8.22. The molecule has 192 valence electrons. The molecule has 0 aliphatic carbocycles. The maximum atomic E-state index is 12.5. The molecule has 1 aliphatic rings. The van der Waals surface area contributed by atoms with Gasteiger partial charge in [-0.05, 0) is 5.56 Å². The standard InChI is InChI=1S/C21H29N5O9/c27-18(9-15-1-3-16(4-2-15)26(34)35)22-10-17-11-24(13-20(30)31)6-5-23(12-19(28)29)7-8-25(17)14-21(32)33/h1-4,17H,5-14H2,(H,22,27)(H,28,29)(H,30,31)(H,32,33). The minimum atomic E-state index is -1.11. The van der Waals surface area contributed by atoms with E-state index >= 15 is 0 Å². The fourth-order valence-electron chi connectivity index (χ4n) is 3.83. The molecule has 0 aromatic heterocycles. The molecule has 1 aromatic carbocycles. The summed E-state index contributed by atoms with van der Waals surface area (Å²) in [6.45, 7) is 0.245. The highest BCUT2D eigenvalue weighted by Gasteiger charge is 2.28. The summed E-state index contributed by atoms with van der Waals surface area (Å²) in [6, 6.07) is 4.99. The first kappa shape index (κ1) is 27.6. The van der Waals surface area contributed by atoms with E-state index in [9.17, 15) is 39.5 Å². The summed E-state index contributed by atoms with van der Waals surface area (Å²) < 4.78 is 0. The summed E-state index contributed by atoms with van der Waals surface area (Å²) >= 11 is 0. The summed E-state index contributed by atoms with van der Waals surface area (Å²) in [7, 11) is 0. The van der Waals surface area contributed by atoms with Gasteiger partial charge in [0.1, 0.15) is 0 Å². The number of nitrogens with zero attached hydrogens (tertiary/aromatic N) is 4. The largest absolute Gasteiger partial charge is 0.480 e. The van der Waals surface area contributed by atoms with Crippen LogP contribution in [0.25, 0.3) is 0 Å². The third-order valence-electron chi connectivity index (χ3n) is 5.52. The molecular weight excluding hydrogens is 466 g/mol. The Morgan fingerprint density at radius 3 is 2.00 bits per heavy atom. The molecule has 1 heterocycles. The van der Waals surface area contributed by atoms with Crippen molar-refractivity contribution in [1.82, 2.24) is 20.0 Å². The minimum absolute atomic E-state index is 0.0359. The summed E-state index contributed by atoms with van der Waals surface area (Å²) in [5.41, 5.74) is 0.460. The van der Waals surface area contributed by atoms with E-state index in [0.717, 1.165) is 0 Å². The third-order valence-corrected chi connectivity index (χ3v) is 5.52. The van der Waals surface area contributed by atoms with Crippen molar-refractivity contribution >= 4 is 29.5 Å². The van der Waals surface area contributed by atoms with Crippen molar-refractivity contribution in [1.29, 1.82) is 0 Å². The highest BCUT2D eigenvalue weighted by molar-refractivity contribution is 5.78. The van der Waals surface area contributed by atoms with Crippen LogP contribution in [-0.2, 0) is 25.6 Å². The Labute approximate surface area is 200 Å². The Hall–Kier alpha value is -3.62. The van der Waals surface area contributed by atoms with Gasteiger partial charge < -0.3 is 20.6 Å². The first-order valence-corrected chi connectivity index (χ1v) is 10.9. The zero-order valence-corrected chi connectivity index (χ0v) is 19.0. The van der Waals surface area contributed by atoms with Crippen molar-refractivity contribution in [2.24, 2.45) is 0 Å². The van der Waals surface area contributed by atoms with Crippen LogP contribution < -0.4 is 5.32 Å². The van der Waals surface area contributed by atoms with Crippen LogP contribution in [0.5, 0.6) is 0 Å². The molecule has 1 aromatic rings. The molecule has 0 spiro atoms. The molecule has 2 rings (SSSR count).